The highest BCUT2D eigenvalue weighted by atomic mass is 32.2. The quantitative estimate of drug-likeness (QED) is 0.657. The Morgan fingerprint density at radius 1 is 1.11 bits per heavy atom. The molecule has 0 aliphatic heterocycles. The zero-order valence-electron chi connectivity index (χ0n) is 16.3. The van der Waals surface area contributed by atoms with Crippen molar-refractivity contribution < 1.29 is 17.6 Å². The second-order valence-electron chi connectivity index (χ2n) is 6.88. The van der Waals surface area contributed by atoms with Gasteiger partial charge in [0.1, 0.15) is 5.82 Å². The summed E-state index contributed by atoms with van der Waals surface area (Å²) in [6.07, 6.45) is 3.21. The lowest BCUT2D eigenvalue weighted by atomic mass is 10.1. The van der Waals surface area contributed by atoms with Crippen molar-refractivity contribution in [3.05, 3.63) is 66.0 Å². The molecule has 0 saturated carbocycles. The van der Waals surface area contributed by atoms with Crippen LogP contribution >= 0.6 is 0 Å². The largest absolute Gasteiger partial charge is 0.354 e. The van der Waals surface area contributed by atoms with E-state index >= 15 is 0 Å². The molecule has 0 aliphatic rings. The molecule has 0 spiro atoms. The molecular formula is C21H27FN2O3S. The van der Waals surface area contributed by atoms with Crippen LogP contribution in [0.2, 0.25) is 0 Å². The van der Waals surface area contributed by atoms with Crippen LogP contribution in [0.1, 0.15) is 31.7 Å². The summed E-state index contributed by atoms with van der Waals surface area (Å²) in [4.78, 5) is 12.1. The molecule has 0 unspecified atom stereocenters. The number of carbonyl (C=O) groups excluding carboxylic acids is 1. The Morgan fingerprint density at radius 3 is 2.39 bits per heavy atom. The van der Waals surface area contributed by atoms with Gasteiger partial charge in [-0.2, -0.15) is 0 Å². The molecule has 0 heterocycles. The zero-order chi connectivity index (χ0) is 20.6. The molecule has 1 atom stereocenters. The monoisotopic (exact) mass is 406 g/mol. The number of nitrogens with zero attached hydrogens (tertiary/aromatic N) is 1. The van der Waals surface area contributed by atoms with Crippen molar-refractivity contribution in [1.82, 2.24) is 5.32 Å². The summed E-state index contributed by atoms with van der Waals surface area (Å²) >= 11 is 0. The van der Waals surface area contributed by atoms with Crippen LogP contribution in [0, 0.1) is 5.82 Å². The van der Waals surface area contributed by atoms with Gasteiger partial charge in [-0.1, -0.05) is 42.5 Å². The molecule has 0 radical (unpaired) electrons. The van der Waals surface area contributed by atoms with Crippen LogP contribution in [-0.2, 0) is 21.2 Å². The Bertz CT molecular complexity index is 872. The molecule has 0 aliphatic carbocycles. The van der Waals surface area contributed by atoms with Gasteiger partial charge in [-0.25, -0.2) is 12.8 Å². The fraction of sp³-hybridized carbons (Fsp3) is 0.381. The summed E-state index contributed by atoms with van der Waals surface area (Å²) in [5.41, 5.74) is 1.22. The number of benzene rings is 2. The summed E-state index contributed by atoms with van der Waals surface area (Å²) in [7, 11) is -3.64. The smallest absolute Gasteiger partial charge is 0.232 e. The minimum atomic E-state index is -3.64. The standard InChI is InChI=1S/C21H27FN2O3S/c1-17(14-15-18-9-4-3-5-10-18)23-21(25)13-8-16-24(28(2,26)27)20-12-7-6-11-19(20)22/h3-7,9-12,17H,8,13-16H2,1-2H3,(H,23,25)/t17-/m0/s1. The molecule has 0 fully saturated rings. The van der Waals surface area contributed by atoms with Crippen molar-refractivity contribution in [2.24, 2.45) is 0 Å². The molecule has 28 heavy (non-hydrogen) atoms. The molecular weight excluding hydrogens is 379 g/mol. The highest BCUT2D eigenvalue weighted by Gasteiger charge is 2.20. The van der Waals surface area contributed by atoms with Crippen LogP contribution in [0.5, 0.6) is 0 Å². The topological polar surface area (TPSA) is 66.5 Å². The van der Waals surface area contributed by atoms with Gasteiger partial charge in [-0.05, 0) is 43.9 Å². The van der Waals surface area contributed by atoms with E-state index in [9.17, 15) is 17.6 Å². The number of sulfonamides is 1. The molecule has 5 nitrogen and oxygen atoms in total. The normalized spacial score (nSPS) is 12.4. The first kappa shape index (κ1) is 21.9. The first-order chi connectivity index (χ1) is 13.3. The van der Waals surface area contributed by atoms with E-state index in [1.54, 1.807) is 6.07 Å². The molecule has 2 rings (SSSR count). The average molecular weight is 407 g/mol. The number of carbonyl (C=O) groups is 1. The molecule has 1 N–H and O–H groups in total. The van der Waals surface area contributed by atoms with Crippen LogP contribution in [0.4, 0.5) is 10.1 Å². The van der Waals surface area contributed by atoms with E-state index in [1.165, 1.54) is 23.8 Å². The summed E-state index contributed by atoms with van der Waals surface area (Å²) in [5, 5.41) is 2.93. The Hall–Kier alpha value is -2.41. The Kier molecular flexibility index (Phi) is 7.99. The molecule has 0 saturated heterocycles. The fourth-order valence-electron chi connectivity index (χ4n) is 2.95. The van der Waals surface area contributed by atoms with Gasteiger partial charge >= 0.3 is 0 Å². The number of rotatable bonds is 10. The van der Waals surface area contributed by atoms with Crippen molar-refractivity contribution in [1.29, 1.82) is 0 Å². The lowest BCUT2D eigenvalue weighted by Crippen LogP contribution is -2.35. The molecule has 152 valence electrons. The van der Waals surface area contributed by atoms with E-state index in [2.05, 4.69) is 17.4 Å². The third-order valence-corrected chi connectivity index (χ3v) is 5.58. The van der Waals surface area contributed by atoms with Crippen molar-refractivity contribution in [2.45, 2.75) is 38.6 Å². The third kappa shape index (κ3) is 6.96. The molecule has 2 aromatic rings. The molecule has 0 aromatic heterocycles. The summed E-state index contributed by atoms with van der Waals surface area (Å²) < 4.78 is 39.0. The number of nitrogens with one attached hydrogen (secondary N) is 1. The minimum absolute atomic E-state index is 0.00152. The highest BCUT2D eigenvalue weighted by molar-refractivity contribution is 7.92. The second-order valence-corrected chi connectivity index (χ2v) is 8.79. The van der Waals surface area contributed by atoms with E-state index in [1.807, 2.05) is 25.1 Å². The molecule has 0 bridgehead atoms. The van der Waals surface area contributed by atoms with Gasteiger partial charge in [0.2, 0.25) is 15.9 Å². The molecule has 2 aromatic carbocycles. The Labute approximate surface area is 166 Å². The van der Waals surface area contributed by atoms with E-state index in [0.29, 0.717) is 6.42 Å². The van der Waals surface area contributed by atoms with Gasteiger partial charge in [-0.15, -0.1) is 0 Å². The van der Waals surface area contributed by atoms with E-state index in [-0.39, 0.29) is 30.6 Å². The van der Waals surface area contributed by atoms with Gasteiger partial charge in [0.05, 0.1) is 11.9 Å². The number of para-hydroxylation sites is 1. The van der Waals surface area contributed by atoms with Crippen LogP contribution in [0.25, 0.3) is 0 Å². The predicted molar refractivity (Wildman–Crippen MR) is 110 cm³/mol. The fourth-order valence-corrected chi connectivity index (χ4v) is 3.92. The Morgan fingerprint density at radius 2 is 1.75 bits per heavy atom. The van der Waals surface area contributed by atoms with E-state index < -0.39 is 15.8 Å². The number of hydrogen-bond donors (Lipinski definition) is 1. The van der Waals surface area contributed by atoms with Crippen LogP contribution < -0.4 is 9.62 Å². The Balaban J connectivity index is 1.81. The van der Waals surface area contributed by atoms with Gasteiger partial charge in [0.15, 0.2) is 0 Å². The van der Waals surface area contributed by atoms with Gasteiger partial charge in [-0.3, -0.25) is 9.10 Å². The molecule has 7 heteroatoms. The lowest BCUT2D eigenvalue weighted by molar-refractivity contribution is -0.121. The summed E-state index contributed by atoms with van der Waals surface area (Å²) in [5.74, 6) is -0.741. The third-order valence-electron chi connectivity index (χ3n) is 4.40. The van der Waals surface area contributed by atoms with E-state index in [4.69, 9.17) is 0 Å². The first-order valence-corrected chi connectivity index (χ1v) is 11.2. The van der Waals surface area contributed by atoms with Gasteiger partial charge in [0, 0.05) is 19.0 Å². The second kappa shape index (κ2) is 10.2. The van der Waals surface area contributed by atoms with E-state index in [0.717, 1.165) is 23.4 Å². The number of halogens is 1. The van der Waals surface area contributed by atoms with Crippen molar-refractivity contribution in [2.75, 3.05) is 17.1 Å². The number of amides is 1. The lowest BCUT2D eigenvalue weighted by Gasteiger charge is -2.23. The SMILES string of the molecule is C[C@@H](CCc1ccccc1)NC(=O)CCCN(c1ccccc1F)S(C)(=O)=O. The van der Waals surface area contributed by atoms with Crippen LogP contribution in [-0.4, -0.2) is 33.2 Å². The van der Waals surface area contributed by atoms with Crippen LogP contribution in [0.15, 0.2) is 54.6 Å². The van der Waals surface area contributed by atoms with Gasteiger partial charge < -0.3 is 5.32 Å². The first-order valence-electron chi connectivity index (χ1n) is 9.33. The van der Waals surface area contributed by atoms with Crippen molar-refractivity contribution in [3.63, 3.8) is 0 Å². The zero-order valence-corrected chi connectivity index (χ0v) is 17.1. The minimum Gasteiger partial charge on any atom is -0.354 e. The maximum Gasteiger partial charge on any atom is 0.232 e. The maximum absolute atomic E-state index is 14.0. The number of anilines is 1. The van der Waals surface area contributed by atoms with Gasteiger partial charge in [0.25, 0.3) is 0 Å². The van der Waals surface area contributed by atoms with Crippen molar-refractivity contribution >= 4 is 21.6 Å². The average Bonchev–Trinajstić information content (AvgIpc) is 2.64. The predicted octanol–water partition coefficient (Wildman–Crippen LogP) is 3.51. The number of hydrogen-bond acceptors (Lipinski definition) is 3. The number of aryl methyl sites for hydroxylation is 1. The summed E-state index contributed by atoms with van der Waals surface area (Å²) in [6, 6.07) is 15.8. The molecule has 1 amide bonds. The highest BCUT2D eigenvalue weighted by Crippen LogP contribution is 2.21. The van der Waals surface area contributed by atoms with Crippen LogP contribution in [0.3, 0.4) is 0 Å². The van der Waals surface area contributed by atoms with Crippen molar-refractivity contribution in [3.8, 4) is 0 Å². The summed E-state index contributed by atoms with van der Waals surface area (Å²) in [6.45, 7) is 1.99. The maximum atomic E-state index is 14.0.